The maximum atomic E-state index is 5.86. The van der Waals surface area contributed by atoms with Gasteiger partial charge in [-0.25, -0.2) is 4.98 Å². The lowest BCUT2D eigenvalue weighted by Gasteiger charge is -2.15. The number of hydrogen-bond acceptors (Lipinski definition) is 4. The molecule has 0 aliphatic carbocycles. The van der Waals surface area contributed by atoms with Crippen LogP contribution in [0.1, 0.15) is 22.2 Å². The Morgan fingerprint density at radius 3 is 2.65 bits per heavy atom. The number of hydrazine groups is 1. The van der Waals surface area contributed by atoms with Crippen LogP contribution in [0.3, 0.4) is 0 Å². The number of nitrogens with one attached hydrogen (secondary N) is 1. The lowest BCUT2D eigenvalue weighted by molar-refractivity contribution is 0.557. The molecular formula is C12H14ClN3S. The molecule has 2 aromatic rings. The Bertz CT molecular complexity index is 481. The summed E-state index contributed by atoms with van der Waals surface area (Å²) in [6.07, 6.45) is 0.830. The van der Waals surface area contributed by atoms with E-state index in [0.29, 0.717) is 0 Å². The fourth-order valence-corrected chi connectivity index (χ4v) is 2.72. The van der Waals surface area contributed by atoms with Gasteiger partial charge in [-0.1, -0.05) is 23.7 Å². The molecule has 0 aliphatic heterocycles. The van der Waals surface area contributed by atoms with Crippen LogP contribution in [0.4, 0.5) is 0 Å². The summed E-state index contributed by atoms with van der Waals surface area (Å²) in [4.78, 5) is 5.43. The Balaban J connectivity index is 2.16. The van der Waals surface area contributed by atoms with Crippen molar-refractivity contribution < 1.29 is 0 Å². The fourth-order valence-electron chi connectivity index (χ4n) is 1.73. The third kappa shape index (κ3) is 3.04. The second-order valence-corrected chi connectivity index (χ2v) is 5.17. The number of rotatable bonds is 4. The van der Waals surface area contributed by atoms with Gasteiger partial charge < -0.3 is 0 Å². The molecule has 0 spiro atoms. The maximum absolute atomic E-state index is 5.86. The van der Waals surface area contributed by atoms with E-state index in [1.807, 2.05) is 36.7 Å². The second kappa shape index (κ2) is 5.60. The smallest absolute Gasteiger partial charge is 0.0798 e. The number of nitrogens with two attached hydrogens (primary N) is 1. The molecule has 5 heteroatoms. The molecule has 1 aromatic carbocycles. The van der Waals surface area contributed by atoms with Gasteiger partial charge in [0.05, 0.1) is 17.2 Å². The van der Waals surface area contributed by atoms with Crippen LogP contribution in [0.15, 0.2) is 29.8 Å². The third-order valence-electron chi connectivity index (χ3n) is 2.65. The molecule has 1 aromatic heterocycles. The highest BCUT2D eigenvalue weighted by atomic mass is 35.5. The second-order valence-electron chi connectivity index (χ2n) is 3.85. The number of thiazole rings is 1. The van der Waals surface area contributed by atoms with Crippen LogP contribution in [0.5, 0.6) is 0 Å². The predicted molar refractivity (Wildman–Crippen MR) is 72.1 cm³/mol. The molecule has 1 heterocycles. The van der Waals surface area contributed by atoms with Crippen molar-refractivity contribution in [1.29, 1.82) is 0 Å². The van der Waals surface area contributed by atoms with E-state index in [2.05, 4.69) is 10.4 Å². The normalized spacial score (nSPS) is 12.6. The molecule has 0 saturated heterocycles. The Morgan fingerprint density at radius 2 is 2.12 bits per heavy atom. The summed E-state index contributed by atoms with van der Waals surface area (Å²) in [7, 11) is 0. The summed E-state index contributed by atoms with van der Waals surface area (Å²) in [6, 6.07) is 7.92. The minimum absolute atomic E-state index is 0.101. The van der Waals surface area contributed by atoms with Crippen LogP contribution in [0.2, 0.25) is 5.02 Å². The van der Waals surface area contributed by atoms with Crippen molar-refractivity contribution in [2.75, 3.05) is 0 Å². The molecule has 0 aliphatic rings. The summed E-state index contributed by atoms with van der Waals surface area (Å²) in [5, 5.41) is 0.750. The largest absolute Gasteiger partial charge is 0.271 e. The van der Waals surface area contributed by atoms with Crippen molar-refractivity contribution in [1.82, 2.24) is 10.4 Å². The Kier molecular flexibility index (Phi) is 4.12. The van der Waals surface area contributed by atoms with Gasteiger partial charge in [0.15, 0.2) is 0 Å². The molecular weight excluding hydrogens is 254 g/mol. The Morgan fingerprint density at radius 1 is 1.41 bits per heavy atom. The fraction of sp³-hybridized carbons (Fsp3) is 0.250. The van der Waals surface area contributed by atoms with Gasteiger partial charge in [0.1, 0.15) is 0 Å². The molecule has 90 valence electrons. The van der Waals surface area contributed by atoms with Crippen LogP contribution >= 0.6 is 22.9 Å². The number of halogens is 1. The molecule has 0 amide bonds. The molecule has 1 atom stereocenters. The number of nitrogens with zero attached hydrogens (tertiary/aromatic N) is 1. The number of benzene rings is 1. The number of aryl methyl sites for hydroxylation is 1. The zero-order chi connectivity index (χ0) is 12.3. The first kappa shape index (κ1) is 12.5. The number of aromatic nitrogens is 1. The average molecular weight is 268 g/mol. The van der Waals surface area contributed by atoms with Crippen molar-refractivity contribution in [3.8, 4) is 0 Å². The zero-order valence-electron chi connectivity index (χ0n) is 9.48. The lowest BCUT2D eigenvalue weighted by Crippen LogP contribution is -2.29. The van der Waals surface area contributed by atoms with Gasteiger partial charge in [-0.05, 0) is 31.0 Å². The van der Waals surface area contributed by atoms with Crippen molar-refractivity contribution in [2.24, 2.45) is 5.84 Å². The van der Waals surface area contributed by atoms with E-state index in [1.165, 1.54) is 10.4 Å². The summed E-state index contributed by atoms with van der Waals surface area (Å²) in [6.45, 7) is 2.00. The SMILES string of the molecule is Cc1ncsc1C(Cc1ccc(Cl)cc1)NN. The molecule has 2 rings (SSSR count). The molecule has 3 N–H and O–H groups in total. The van der Waals surface area contributed by atoms with Gasteiger partial charge in [0.2, 0.25) is 0 Å². The van der Waals surface area contributed by atoms with Crippen LogP contribution in [-0.4, -0.2) is 4.98 Å². The van der Waals surface area contributed by atoms with Crippen LogP contribution < -0.4 is 11.3 Å². The van der Waals surface area contributed by atoms with E-state index in [1.54, 1.807) is 11.3 Å². The molecule has 3 nitrogen and oxygen atoms in total. The minimum Gasteiger partial charge on any atom is -0.271 e. The monoisotopic (exact) mass is 267 g/mol. The van der Waals surface area contributed by atoms with E-state index in [4.69, 9.17) is 17.4 Å². The van der Waals surface area contributed by atoms with E-state index in [-0.39, 0.29) is 6.04 Å². The predicted octanol–water partition coefficient (Wildman–Crippen LogP) is 2.85. The third-order valence-corrected chi connectivity index (χ3v) is 3.95. The topological polar surface area (TPSA) is 50.9 Å². The summed E-state index contributed by atoms with van der Waals surface area (Å²) in [5.41, 5.74) is 6.92. The van der Waals surface area contributed by atoms with Gasteiger partial charge in [-0.3, -0.25) is 11.3 Å². The highest BCUT2D eigenvalue weighted by Gasteiger charge is 2.15. The standard InChI is InChI=1S/C12H14ClN3S/c1-8-12(17-7-15-8)11(16-14)6-9-2-4-10(13)5-3-9/h2-5,7,11,16H,6,14H2,1H3. The van der Waals surface area contributed by atoms with Gasteiger partial charge in [0, 0.05) is 9.90 Å². The van der Waals surface area contributed by atoms with Gasteiger partial charge in [-0.15, -0.1) is 11.3 Å². The molecule has 0 saturated carbocycles. The molecule has 0 bridgehead atoms. The van der Waals surface area contributed by atoms with Crippen molar-refractivity contribution >= 4 is 22.9 Å². The first-order chi connectivity index (χ1) is 8.20. The first-order valence-electron chi connectivity index (χ1n) is 5.31. The highest BCUT2D eigenvalue weighted by Crippen LogP contribution is 2.24. The van der Waals surface area contributed by atoms with Crippen molar-refractivity contribution in [3.05, 3.63) is 50.9 Å². The van der Waals surface area contributed by atoms with E-state index in [9.17, 15) is 0 Å². The minimum atomic E-state index is 0.101. The summed E-state index contributed by atoms with van der Waals surface area (Å²) in [5.74, 6) is 5.61. The van der Waals surface area contributed by atoms with Crippen LogP contribution in [-0.2, 0) is 6.42 Å². The Hall–Kier alpha value is -0.940. The first-order valence-corrected chi connectivity index (χ1v) is 6.57. The molecule has 0 fully saturated rings. The average Bonchev–Trinajstić information content (AvgIpc) is 2.75. The van der Waals surface area contributed by atoms with Gasteiger partial charge >= 0.3 is 0 Å². The molecule has 17 heavy (non-hydrogen) atoms. The van der Waals surface area contributed by atoms with E-state index >= 15 is 0 Å². The maximum Gasteiger partial charge on any atom is 0.0798 e. The quantitative estimate of drug-likeness (QED) is 0.662. The Labute approximate surface area is 110 Å². The molecule has 0 radical (unpaired) electrons. The van der Waals surface area contributed by atoms with Gasteiger partial charge in [-0.2, -0.15) is 0 Å². The highest BCUT2D eigenvalue weighted by molar-refractivity contribution is 7.09. The van der Waals surface area contributed by atoms with E-state index < -0.39 is 0 Å². The van der Waals surface area contributed by atoms with E-state index in [0.717, 1.165) is 17.1 Å². The number of hydrogen-bond donors (Lipinski definition) is 2. The zero-order valence-corrected chi connectivity index (χ0v) is 11.1. The lowest BCUT2D eigenvalue weighted by atomic mass is 10.0. The summed E-state index contributed by atoms with van der Waals surface area (Å²) < 4.78 is 0. The van der Waals surface area contributed by atoms with Crippen molar-refractivity contribution in [2.45, 2.75) is 19.4 Å². The summed E-state index contributed by atoms with van der Waals surface area (Å²) >= 11 is 7.48. The van der Waals surface area contributed by atoms with Crippen LogP contribution in [0, 0.1) is 6.92 Å². The van der Waals surface area contributed by atoms with Crippen LogP contribution in [0.25, 0.3) is 0 Å². The molecule has 1 unspecified atom stereocenters. The van der Waals surface area contributed by atoms with Gasteiger partial charge in [0.25, 0.3) is 0 Å². The van der Waals surface area contributed by atoms with Crippen molar-refractivity contribution in [3.63, 3.8) is 0 Å².